The fourth-order valence-electron chi connectivity index (χ4n) is 4.21. The van der Waals surface area contributed by atoms with Gasteiger partial charge in [0.15, 0.2) is 15.8 Å². The molecule has 16 heteroatoms. The van der Waals surface area contributed by atoms with Crippen molar-refractivity contribution in [2.75, 3.05) is 24.6 Å². The Labute approximate surface area is 213 Å². The number of hydrogen-bond acceptors (Lipinski definition) is 9. The van der Waals surface area contributed by atoms with E-state index in [4.69, 9.17) is 4.74 Å². The number of hydrogen-bond donors (Lipinski definition) is 1. The van der Waals surface area contributed by atoms with Crippen LogP contribution in [0.5, 0.6) is 0 Å². The van der Waals surface area contributed by atoms with E-state index in [1.807, 2.05) is 4.90 Å². The van der Waals surface area contributed by atoms with Crippen LogP contribution in [0.15, 0.2) is 23.4 Å². The van der Waals surface area contributed by atoms with Crippen LogP contribution in [0.25, 0.3) is 16.3 Å². The van der Waals surface area contributed by atoms with Crippen LogP contribution in [0.3, 0.4) is 0 Å². The molecule has 10 nitrogen and oxygen atoms in total. The van der Waals surface area contributed by atoms with Crippen LogP contribution in [-0.2, 0) is 19.5 Å². The Morgan fingerprint density at radius 1 is 1.27 bits per heavy atom. The van der Waals surface area contributed by atoms with Gasteiger partial charge in [0, 0.05) is 24.8 Å². The quantitative estimate of drug-likeness (QED) is 0.394. The number of nitrogens with zero attached hydrogens (tertiary/aromatic N) is 5. The van der Waals surface area contributed by atoms with Gasteiger partial charge in [0.05, 0.1) is 36.2 Å². The first-order chi connectivity index (χ1) is 17.4. The molecule has 3 aromatic heterocycles. The van der Waals surface area contributed by atoms with Gasteiger partial charge in [-0.25, -0.2) is 26.9 Å². The smallest absolute Gasteiger partial charge is 0.345 e. The number of morpholine rings is 1. The van der Waals surface area contributed by atoms with Crippen molar-refractivity contribution in [3.63, 3.8) is 0 Å². The van der Waals surface area contributed by atoms with E-state index in [-0.39, 0.29) is 35.0 Å². The van der Waals surface area contributed by atoms with Crippen molar-refractivity contribution >= 4 is 32.6 Å². The summed E-state index contributed by atoms with van der Waals surface area (Å²) in [6, 6.07) is 1.49. The molecule has 4 heterocycles. The number of halogens is 4. The lowest BCUT2D eigenvalue weighted by Crippen LogP contribution is -2.48. The third-order valence-corrected chi connectivity index (χ3v) is 8.71. The van der Waals surface area contributed by atoms with E-state index in [0.29, 0.717) is 41.9 Å². The highest BCUT2D eigenvalue weighted by Gasteiger charge is 2.41. The van der Waals surface area contributed by atoms with E-state index in [0.717, 1.165) is 0 Å². The van der Waals surface area contributed by atoms with Crippen molar-refractivity contribution in [1.82, 2.24) is 24.3 Å². The molecule has 0 spiro atoms. The van der Waals surface area contributed by atoms with Crippen molar-refractivity contribution < 1.29 is 35.5 Å². The van der Waals surface area contributed by atoms with Gasteiger partial charge in [0.2, 0.25) is 10.0 Å². The van der Waals surface area contributed by atoms with Crippen molar-refractivity contribution in [1.29, 1.82) is 0 Å². The number of anilines is 1. The number of pyridine rings is 1. The molecule has 0 radical (unpaired) electrons. The van der Waals surface area contributed by atoms with Gasteiger partial charge in [0.1, 0.15) is 4.90 Å². The molecular weight excluding hydrogens is 540 g/mol. The molecule has 1 saturated carbocycles. The van der Waals surface area contributed by atoms with Crippen LogP contribution < -0.4 is 9.62 Å². The first kappa shape index (κ1) is 26.2. The standard InChI is InChI=1S/C21H24F4N6O4S2/c1-11-7-30(8-12(35-11)10-34-20(24)25)14-5-13(37(32,33)29-21(2)3-4-21)9-31-15(14)6-26-17(31)19-28-27-18(36-19)16(22)23/h5-6,9,11-12,16,20,29H,3-4,7-8,10H2,1-2H3/t11-,12+/m1/s1. The average Bonchev–Trinajstić information content (AvgIpc) is 3.21. The lowest BCUT2D eigenvalue weighted by Gasteiger charge is -2.38. The fraction of sp³-hybridized carbons (Fsp3) is 0.571. The minimum absolute atomic E-state index is 0.0690. The van der Waals surface area contributed by atoms with E-state index < -0.39 is 39.7 Å². The Morgan fingerprint density at radius 2 is 2.03 bits per heavy atom. The number of aromatic nitrogens is 4. The molecule has 0 unspecified atom stereocenters. The van der Waals surface area contributed by atoms with Crippen molar-refractivity contribution in [3.8, 4) is 10.8 Å². The van der Waals surface area contributed by atoms with Gasteiger partial charge in [-0.3, -0.25) is 4.40 Å². The largest absolute Gasteiger partial charge is 0.369 e. The molecule has 5 rings (SSSR count). The third kappa shape index (κ3) is 5.57. The highest BCUT2D eigenvalue weighted by Crippen LogP contribution is 2.38. The first-order valence-electron chi connectivity index (χ1n) is 11.4. The van der Waals surface area contributed by atoms with Crippen molar-refractivity contribution in [3.05, 3.63) is 23.5 Å². The zero-order chi connectivity index (χ0) is 26.5. The number of alkyl halides is 4. The second kappa shape index (κ2) is 9.72. The summed E-state index contributed by atoms with van der Waals surface area (Å²) < 4.78 is 92.5. The summed E-state index contributed by atoms with van der Waals surface area (Å²) in [4.78, 5) is 6.08. The second-order valence-corrected chi connectivity index (χ2v) is 12.1. The highest BCUT2D eigenvalue weighted by molar-refractivity contribution is 7.89. The molecule has 1 aliphatic carbocycles. The van der Waals surface area contributed by atoms with E-state index >= 15 is 0 Å². The van der Waals surface area contributed by atoms with E-state index in [2.05, 4.69) is 24.6 Å². The van der Waals surface area contributed by atoms with Crippen LogP contribution >= 0.6 is 11.3 Å². The van der Waals surface area contributed by atoms with Crippen molar-refractivity contribution in [2.24, 2.45) is 0 Å². The summed E-state index contributed by atoms with van der Waals surface area (Å²) >= 11 is 0.657. The third-order valence-electron chi connectivity index (χ3n) is 6.18. The Balaban J connectivity index is 1.60. The minimum Gasteiger partial charge on any atom is -0.369 e. The molecule has 2 aliphatic rings. The monoisotopic (exact) mass is 564 g/mol. The zero-order valence-electron chi connectivity index (χ0n) is 19.8. The van der Waals surface area contributed by atoms with Crippen LogP contribution in [0.1, 0.15) is 38.1 Å². The Kier molecular flexibility index (Phi) is 6.89. The first-order valence-corrected chi connectivity index (χ1v) is 13.7. The summed E-state index contributed by atoms with van der Waals surface area (Å²) in [5, 5.41) is 6.93. The molecule has 2 fully saturated rings. The van der Waals surface area contributed by atoms with Gasteiger partial charge in [-0.05, 0) is 32.8 Å². The van der Waals surface area contributed by atoms with Crippen LogP contribution in [-0.4, -0.2) is 72.1 Å². The average molecular weight is 565 g/mol. The van der Waals surface area contributed by atoms with Crippen molar-refractivity contribution in [2.45, 2.75) is 62.4 Å². The zero-order valence-corrected chi connectivity index (χ0v) is 21.4. The molecule has 0 bridgehead atoms. The molecule has 2 atom stereocenters. The summed E-state index contributed by atoms with van der Waals surface area (Å²) in [5.74, 6) is 0.147. The number of imidazole rings is 1. The molecular formula is C21H24F4N6O4S2. The maximum Gasteiger partial charge on any atom is 0.345 e. The predicted octanol–water partition coefficient (Wildman–Crippen LogP) is 3.45. The summed E-state index contributed by atoms with van der Waals surface area (Å²) in [6.45, 7) is 0.756. The molecule has 1 N–H and O–H groups in total. The number of ether oxygens (including phenoxy) is 2. The molecule has 0 amide bonds. The SMILES string of the molecule is C[C@@H]1CN(c2cc(S(=O)(=O)NC3(C)CC3)cn3c(-c4nnc(C(F)F)s4)ncc23)C[C@@H](COC(F)F)O1. The van der Waals surface area contributed by atoms with Crippen LogP contribution in [0.2, 0.25) is 0 Å². The fourth-order valence-corrected chi connectivity index (χ4v) is 6.39. The maximum absolute atomic E-state index is 13.3. The van der Waals surface area contributed by atoms with Gasteiger partial charge in [-0.15, -0.1) is 10.2 Å². The maximum atomic E-state index is 13.3. The Hall–Kier alpha value is -2.40. The number of sulfonamides is 1. The van der Waals surface area contributed by atoms with Gasteiger partial charge >= 0.3 is 6.61 Å². The Morgan fingerprint density at radius 3 is 2.68 bits per heavy atom. The number of rotatable bonds is 9. The summed E-state index contributed by atoms with van der Waals surface area (Å²) in [5.41, 5.74) is 0.392. The molecule has 37 heavy (non-hydrogen) atoms. The summed E-state index contributed by atoms with van der Waals surface area (Å²) in [6.07, 6.45) is 0.362. The number of nitrogens with one attached hydrogen (secondary N) is 1. The normalized spacial score (nSPS) is 21.9. The molecule has 1 aliphatic heterocycles. The van der Waals surface area contributed by atoms with E-state index in [9.17, 15) is 26.0 Å². The molecule has 202 valence electrons. The predicted molar refractivity (Wildman–Crippen MR) is 126 cm³/mol. The lowest BCUT2D eigenvalue weighted by atomic mass is 10.2. The molecule has 0 aromatic carbocycles. The number of fused-ring (bicyclic) bond motifs is 1. The van der Waals surface area contributed by atoms with Gasteiger partial charge < -0.3 is 14.4 Å². The summed E-state index contributed by atoms with van der Waals surface area (Å²) in [7, 11) is -3.97. The second-order valence-electron chi connectivity index (χ2n) is 9.38. The highest BCUT2D eigenvalue weighted by atomic mass is 32.2. The minimum atomic E-state index is -3.97. The van der Waals surface area contributed by atoms with Gasteiger partial charge in [-0.2, -0.15) is 8.78 Å². The lowest BCUT2D eigenvalue weighted by molar-refractivity contribution is -0.162. The topological polar surface area (TPSA) is 111 Å². The van der Waals surface area contributed by atoms with Gasteiger partial charge in [0.25, 0.3) is 6.43 Å². The Bertz CT molecular complexity index is 1390. The molecule has 1 saturated heterocycles. The van der Waals surface area contributed by atoms with E-state index in [1.54, 1.807) is 13.8 Å². The van der Waals surface area contributed by atoms with E-state index in [1.165, 1.54) is 22.9 Å². The van der Waals surface area contributed by atoms with Crippen LogP contribution in [0, 0.1) is 0 Å². The van der Waals surface area contributed by atoms with Crippen LogP contribution in [0.4, 0.5) is 23.2 Å². The van der Waals surface area contributed by atoms with Gasteiger partial charge in [-0.1, -0.05) is 11.3 Å². The molecule has 3 aromatic rings.